The van der Waals surface area contributed by atoms with E-state index < -0.39 is 10.0 Å². The Kier molecular flexibility index (Phi) is 2.44. The molecule has 1 aliphatic heterocycles. The predicted octanol–water partition coefficient (Wildman–Crippen LogP) is 1.08. The molecule has 15 heavy (non-hydrogen) atoms. The van der Waals surface area contributed by atoms with Crippen LogP contribution in [0.1, 0.15) is 18.9 Å². The lowest BCUT2D eigenvalue weighted by atomic mass is 10.1. The number of fused-ring (bicyclic) bond motifs is 1. The molecule has 1 aliphatic rings. The van der Waals surface area contributed by atoms with Gasteiger partial charge in [0.05, 0.1) is 4.90 Å². The van der Waals surface area contributed by atoms with Crippen molar-refractivity contribution in [3.63, 3.8) is 0 Å². The van der Waals surface area contributed by atoms with Crippen LogP contribution in [-0.2, 0) is 16.4 Å². The smallest absolute Gasteiger partial charge is 0.238 e. The molecule has 1 aromatic rings. The van der Waals surface area contributed by atoms with Gasteiger partial charge in [-0.05, 0) is 30.5 Å². The highest BCUT2D eigenvalue weighted by molar-refractivity contribution is 7.89. The van der Waals surface area contributed by atoms with E-state index in [0.717, 1.165) is 24.1 Å². The Hall–Kier alpha value is -1.07. The topological polar surface area (TPSA) is 72.2 Å². The summed E-state index contributed by atoms with van der Waals surface area (Å²) in [6.45, 7) is 2.10. The molecular formula is C10H14N2O2S. The molecule has 1 atom stereocenters. The third kappa shape index (κ3) is 1.98. The highest BCUT2D eigenvalue weighted by Crippen LogP contribution is 2.28. The molecule has 0 radical (unpaired) electrons. The monoisotopic (exact) mass is 226 g/mol. The van der Waals surface area contributed by atoms with E-state index in [1.807, 2.05) is 6.07 Å². The maximum atomic E-state index is 11.1. The van der Waals surface area contributed by atoms with Gasteiger partial charge in [-0.15, -0.1) is 0 Å². The number of primary sulfonamides is 1. The lowest BCUT2D eigenvalue weighted by molar-refractivity contribution is 0.598. The molecule has 0 aromatic heterocycles. The minimum atomic E-state index is -3.59. The fourth-order valence-electron chi connectivity index (χ4n) is 1.83. The molecule has 1 heterocycles. The van der Waals surface area contributed by atoms with E-state index in [1.165, 1.54) is 0 Å². The number of hydrogen-bond donors (Lipinski definition) is 2. The minimum absolute atomic E-state index is 0.172. The van der Waals surface area contributed by atoms with Gasteiger partial charge in [0.1, 0.15) is 0 Å². The van der Waals surface area contributed by atoms with Gasteiger partial charge in [0.15, 0.2) is 0 Å². The van der Waals surface area contributed by atoms with E-state index >= 15 is 0 Å². The molecule has 1 aromatic carbocycles. The van der Waals surface area contributed by atoms with Gasteiger partial charge in [0.2, 0.25) is 10.0 Å². The van der Waals surface area contributed by atoms with Crippen molar-refractivity contribution < 1.29 is 8.42 Å². The molecule has 5 heteroatoms. The zero-order valence-electron chi connectivity index (χ0n) is 8.53. The Morgan fingerprint density at radius 2 is 2.27 bits per heavy atom. The summed E-state index contributed by atoms with van der Waals surface area (Å²) in [4.78, 5) is 0.172. The van der Waals surface area contributed by atoms with Crippen molar-refractivity contribution in [3.8, 4) is 0 Å². The molecule has 82 valence electrons. The summed E-state index contributed by atoms with van der Waals surface area (Å²) < 4.78 is 22.3. The van der Waals surface area contributed by atoms with Gasteiger partial charge in [0, 0.05) is 11.7 Å². The van der Waals surface area contributed by atoms with Crippen LogP contribution in [-0.4, -0.2) is 14.5 Å². The summed E-state index contributed by atoms with van der Waals surface area (Å²) in [7, 11) is -3.59. The summed E-state index contributed by atoms with van der Waals surface area (Å²) >= 11 is 0. The van der Waals surface area contributed by atoms with Gasteiger partial charge < -0.3 is 5.32 Å². The van der Waals surface area contributed by atoms with E-state index in [0.29, 0.717) is 6.04 Å². The van der Waals surface area contributed by atoms with Crippen molar-refractivity contribution in [2.75, 3.05) is 5.32 Å². The molecule has 0 bridgehead atoms. The average Bonchev–Trinajstić information content (AvgIpc) is 2.57. The van der Waals surface area contributed by atoms with Crippen LogP contribution in [0.5, 0.6) is 0 Å². The first-order valence-corrected chi connectivity index (χ1v) is 6.47. The van der Waals surface area contributed by atoms with E-state index in [4.69, 9.17) is 5.14 Å². The number of nitrogens with one attached hydrogen (secondary N) is 1. The highest BCUT2D eigenvalue weighted by Gasteiger charge is 2.20. The first-order chi connectivity index (χ1) is 7.00. The van der Waals surface area contributed by atoms with Gasteiger partial charge >= 0.3 is 0 Å². The van der Waals surface area contributed by atoms with Gasteiger partial charge in [-0.3, -0.25) is 0 Å². The summed E-state index contributed by atoms with van der Waals surface area (Å²) in [5, 5.41) is 8.34. The largest absolute Gasteiger partial charge is 0.382 e. The second-order valence-corrected chi connectivity index (χ2v) is 5.38. The fourth-order valence-corrected chi connectivity index (χ4v) is 2.37. The normalized spacial score (nSPS) is 19.7. The summed E-state index contributed by atoms with van der Waals surface area (Å²) in [5.74, 6) is 0. The maximum Gasteiger partial charge on any atom is 0.238 e. The quantitative estimate of drug-likeness (QED) is 0.792. The van der Waals surface area contributed by atoms with E-state index in [1.54, 1.807) is 12.1 Å². The number of nitrogens with two attached hydrogens (primary N) is 1. The third-order valence-electron chi connectivity index (χ3n) is 2.73. The number of hydrogen-bond acceptors (Lipinski definition) is 3. The Morgan fingerprint density at radius 1 is 1.53 bits per heavy atom. The first-order valence-electron chi connectivity index (χ1n) is 4.93. The maximum absolute atomic E-state index is 11.1. The summed E-state index contributed by atoms with van der Waals surface area (Å²) in [6, 6.07) is 5.42. The summed E-state index contributed by atoms with van der Waals surface area (Å²) in [5.41, 5.74) is 2.06. The fraction of sp³-hybridized carbons (Fsp3) is 0.400. The Labute approximate surface area is 89.5 Å². The van der Waals surface area contributed by atoms with Crippen molar-refractivity contribution in [2.45, 2.75) is 30.7 Å². The SMILES string of the molecule is CC[C@@H]1Cc2ccc(S(N)(=O)=O)cc2N1. The zero-order chi connectivity index (χ0) is 11.1. The average molecular weight is 226 g/mol. The second kappa shape index (κ2) is 3.50. The van der Waals surface area contributed by atoms with Crippen molar-refractivity contribution in [1.82, 2.24) is 0 Å². The van der Waals surface area contributed by atoms with Crippen LogP contribution in [0.3, 0.4) is 0 Å². The van der Waals surface area contributed by atoms with Crippen LogP contribution >= 0.6 is 0 Å². The van der Waals surface area contributed by atoms with Gasteiger partial charge in [-0.1, -0.05) is 13.0 Å². The molecule has 0 aliphatic carbocycles. The molecule has 2 rings (SSSR count). The van der Waals surface area contributed by atoms with Crippen LogP contribution in [0.2, 0.25) is 0 Å². The molecule has 3 N–H and O–H groups in total. The van der Waals surface area contributed by atoms with Crippen LogP contribution in [0, 0.1) is 0 Å². The van der Waals surface area contributed by atoms with Crippen LogP contribution in [0.25, 0.3) is 0 Å². The van der Waals surface area contributed by atoms with Gasteiger partial charge in [-0.25, -0.2) is 13.6 Å². The Bertz CT molecular complexity index is 482. The summed E-state index contributed by atoms with van der Waals surface area (Å²) in [6.07, 6.45) is 1.98. The van der Waals surface area contributed by atoms with Crippen LogP contribution < -0.4 is 10.5 Å². The van der Waals surface area contributed by atoms with E-state index in [9.17, 15) is 8.42 Å². The lowest BCUT2D eigenvalue weighted by Gasteiger charge is -2.06. The van der Waals surface area contributed by atoms with Crippen LogP contribution in [0.4, 0.5) is 5.69 Å². The Morgan fingerprint density at radius 3 is 2.87 bits per heavy atom. The van der Waals surface area contributed by atoms with Crippen LogP contribution in [0.15, 0.2) is 23.1 Å². The Balaban J connectivity index is 2.39. The number of sulfonamides is 1. The van der Waals surface area contributed by atoms with Crippen molar-refractivity contribution in [1.29, 1.82) is 0 Å². The van der Waals surface area contributed by atoms with Crippen molar-refractivity contribution in [2.24, 2.45) is 5.14 Å². The number of benzene rings is 1. The lowest BCUT2D eigenvalue weighted by Crippen LogP contribution is -2.13. The first kappa shape index (κ1) is 10.4. The molecule has 0 amide bonds. The standard InChI is InChI=1S/C10H14N2O2S/c1-2-8-5-7-3-4-9(15(11,13)14)6-10(7)12-8/h3-4,6,8,12H,2,5H2,1H3,(H2,11,13,14)/t8-/m1/s1. The van der Waals surface area contributed by atoms with Gasteiger partial charge in [0.25, 0.3) is 0 Å². The molecule has 0 saturated heterocycles. The molecule has 0 spiro atoms. The molecule has 0 fully saturated rings. The van der Waals surface area contributed by atoms with E-state index in [2.05, 4.69) is 12.2 Å². The molecular weight excluding hydrogens is 212 g/mol. The molecule has 4 nitrogen and oxygen atoms in total. The number of rotatable bonds is 2. The van der Waals surface area contributed by atoms with E-state index in [-0.39, 0.29) is 4.90 Å². The zero-order valence-corrected chi connectivity index (χ0v) is 9.34. The minimum Gasteiger partial charge on any atom is -0.382 e. The number of anilines is 1. The van der Waals surface area contributed by atoms with Gasteiger partial charge in [-0.2, -0.15) is 0 Å². The highest BCUT2D eigenvalue weighted by atomic mass is 32.2. The third-order valence-corrected chi connectivity index (χ3v) is 3.64. The molecule has 0 saturated carbocycles. The predicted molar refractivity (Wildman–Crippen MR) is 59.2 cm³/mol. The molecule has 0 unspecified atom stereocenters. The second-order valence-electron chi connectivity index (χ2n) is 3.82. The van der Waals surface area contributed by atoms with Crippen molar-refractivity contribution >= 4 is 15.7 Å². The van der Waals surface area contributed by atoms with Crippen molar-refractivity contribution in [3.05, 3.63) is 23.8 Å².